The van der Waals surface area contributed by atoms with Crippen LogP contribution in [-0.4, -0.2) is 34.7 Å². The highest BCUT2D eigenvalue weighted by Crippen LogP contribution is 2.39. The number of aryl methyl sites for hydroxylation is 1. The first-order valence-electron chi connectivity index (χ1n) is 8.93. The molecule has 0 unspecified atom stereocenters. The molecule has 1 aliphatic rings. The lowest BCUT2D eigenvalue weighted by molar-refractivity contribution is -0.119. The van der Waals surface area contributed by atoms with E-state index in [2.05, 4.69) is 15.3 Å². The molecule has 6 nitrogen and oxygen atoms in total. The highest BCUT2D eigenvalue weighted by molar-refractivity contribution is 8.00. The maximum Gasteiger partial charge on any atom is 0.342 e. The van der Waals surface area contributed by atoms with Crippen LogP contribution in [0.2, 0.25) is 0 Å². The fourth-order valence-electron chi connectivity index (χ4n) is 2.78. The molecule has 1 aromatic carbocycles. The molecular formula is C20H23N3O3S. The van der Waals surface area contributed by atoms with Gasteiger partial charge in [0, 0.05) is 5.92 Å². The summed E-state index contributed by atoms with van der Waals surface area (Å²) in [6, 6.07) is 9.69. The van der Waals surface area contributed by atoms with Crippen molar-refractivity contribution in [2.45, 2.75) is 43.7 Å². The van der Waals surface area contributed by atoms with Crippen molar-refractivity contribution in [1.29, 1.82) is 0 Å². The molecule has 2 aromatic rings. The molecule has 0 aliphatic heterocycles. The summed E-state index contributed by atoms with van der Waals surface area (Å²) in [5, 5.41) is 3.49. The van der Waals surface area contributed by atoms with Crippen molar-refractivity contribution in [3.05, 3.63) is 53.0 Å². The zero-order chi connectivity index (χ0) is 19.4. The van der Waals surface area contributed by atoms with Gasteiger partial charge in [0.25, 0.3) is 0 Å². The van der Waals surface area contributed by atoms with Crippen molar-refractivity contribution in [3.8, 4) is 0 Å². The van der Waals surface area contributed by atoms with Gasteiger partial charge in [0.2, 0.25) is 5.91 Å². The Morgan fingerprint density at radius 3 is 2.59 bits per heavy atom. The van der Waals surface area contributed by atoms with Gasteiger partial charge >= 0.3 is 5.97 Å². The van der Waals surface area contributed by atoms with Crippen LogP contribution in [0.1, 0.15) is 59.2 Å². The molecule has 1 N–H and O–H groups in total. The molecule has 1 heterocycles. The van der Waals surface area contributed by atoms with Gasteiger partial charge in [0.15, 0.2) is 0 Å². The summed E-state index contributed by atoms with van der Waals surface area (Å²) in [6.07, 6.45) is 2.13. The molecule has 0 saturated heterocycles. The maximum atomic E-state index is 12.4. The topological polar surface area (TPSA) is 81.2 Å². The van der Waals surface area contributed by atoms with Crippen LogP contribution in [0.4, 0.5) is 0 Å². The van der Waals surface area contributed by atoms with Gasteiger partial charge in [-0.2, -0.15) is 0 Å². The highest BCUT2D eigenvalue weighted by Gasteiger charge is 2.29. The predicted octanol–water partition coefficient (Wildman–Crippen LogP) is 3.42. The van der Waals surface area contributed by atoms with E-state index in [1.807, 2.05) is 37.3 Å². The third-order valence-corrected chi connectivity index (χ3v) is 5.40. The summed E-state index contributed by atoms with van der Waals surface area (Å²) in [4.78, 5) is 33.5. The fraction of sp³-hybridized carbons (Fsp3) is 0.400. The van der Waals surface area contributed by atoms with Crippen LogP contribution in [0.25, 0.3) is 0 Å². The van der Waals surface area contributed by atoms with E-state index in [-0.39, 0.29) is 17.7 Å². The van der Waals surface area contributed by atoms with Gasteiger partial charge in [-0.05, 0) is 32.3 Å². The van der Waals surface area contributed by atoms with Gasteiger partial charge in [-0.25, -0.2) is 14.8 Å². The Labute approximate surface area is 163 Å². The van der Waals surface area contributed by atoms with Gasteiger partial charge in [-0.1, -0.05) is 42.1 Å². The number of benzene rings is 1. The van der Waals surface area contributed by atoms with Crippen LogP contribution in [0.15, 0.2) is 35.4 Å². The second-order valence-corrected chi connectivity index (χ2v) is 7.57. The largest absolute Gasteiger partial charge is 0.465 e. The van der Waals surface area contributed by atoms with Crippen molar-refractivity contribution in [2.24, 2.45) is 0 Å². The number of esters is 1. The number of rotatable bonds is 7. The molecule has 1 aromatic heterocycles. The molecule has 1 aliphatic carbocycles. The average molecular weight is 385 g/mol. The van der Waals surface area contributed by atoms with Gasteiger partial charge in [-0.3, -0.25) is 4.79 Å². The first-order valence-corrected chi connectivity index (χ1v) is 9.92. The number of carbonyl (C=O) groups is 2. The molecule has 1 atom stereocenters. The molecule has 0 spiro atoms. The molecule has 1 amide bonds. The molecule has 0 bridgehead atoms. The lowest BCUT2D eigenvalue weighted by Crippen LogP contribution is -2.28. The standard InChI is InChI=1S/C20H23N3O3S/c1-12(14-7-5-4-6-8-14)21-16(24)11-27-19-17(20(25)26-3)13(2)22-18(23-19)15-9-10-15/h4-8,12,15H,9-11H2,1-3H3,(H,21,24)/t12-/m1/s1. The smallest absolute Gasteiger partial charge is 0.342 e. The minimum Gasteiger partial charge on any atom is -0.465 e. The van der Waals surface area contributed by atoms with E-state index in [1.165, 1.54) is 18.9 Å². The van der Waals surface area contributed by atoms with Crippen LogP contribution in [-0.2, 0) is 9.53 Å². The normalized spacial score (nSPS) is 14.5. The molecule has 27 heavy (non-hydrogen) atoms. The quantitative estimate of drug-likeness (QED) is 0.447. The van der Waals surface area contributed by atoms with Crippen molar-refractivity contribution >= 4 is 23.6 Å². The van der Waals surface area contributed by atoms with E-state index >= 15 is 0 Å². The Bertz CT molecular complexity index is 838. The Kier molecular flexibility index (Phi) is 6.11. The molecule has 0 radical (unpaired) electrons. The van der Waals surface area contributed by atoms with Crippen LogP contribution in [0.3, 0.4) is 0 Å². The number of amides is 1. The third kappa shape index (κ3) is 4.86. The van der Waals surface area contributed by atoms with Gasteiger partial charge in [0.05, 0.1) is 24.6 Å². The number of hydrogen-bond donors (Lipinski definition) is 1. The van der Waals surface area contributed by atoms with E-state index in [4.69, 9.17) is 4.74 Å². The summed E-state index contributed by atoms with van der Waals surface area (Å²) in [6.45, 7) is 3.72. The summed E-state index contributed by atoms with van der Waals surface area (Å²) in [5.74, 6) is 0.691. The highest BCUT2D eigenvalue weighted by atomic mass is 32.2. The zero-order valence-electron chi connectivity index (χ0n) is 15.7. The number of nitrogens with zero attached hydrogens (tertiary/aromatic N) is 2. The molecule has 1 fully saturated rings. The number of hydrogen-bond acceptors (Lipinski definition) is 6. The fourth-order valence-corrected chi connectivity index (χ4v) is 3.66. The number of aromatic nitrogens is 2. The van der Waals surface area contributed by atoms with E-state index in [0.717, 1.165) is 24.2 Å². The Morgan fingerprint density at radius 1 is 1.26 bits per heavy atom. The Hall–Kier alpha value is -2.41. The maximum absolute atomic E-state index is 12.4. The lowest BCUT2D eigenvalue weighted by atomic mass is 10.1. The second-order valence-electron chi connectivity index (χ2n) is 6.60. The van der Waals surface area contributed by atoms with Crippen molar-refractivity contribution in [1.82, 2.24) is 15.3 Å². The van der Waals surface area contributed by atoms with Crippen molar-refractivity contribution in [3.63, 3.8) is 0 Å². The first-order chi connectivity index (χ1) is 13.0. The first kappa shape index (κ1) is 19.4. The van der Waals surface area contributed by atoms with E-state index in [9.17, 15) is 9.59 Å². The summed E-state index contributed by atoms with van der Waals surface area (Å²) in [5.41, 5.74) is 1.98. The second kappa shape index (κ2) is 8.52. The zero-order valence-corrected chi connectivity index (χ0v) is 16.5. The molecule has 1 saturated carbocycles. The molecule has 142 valence electrons. The Balaban J connectivity index is 1.70. The minimum absolute atomic E-state index is 0.0893. The third-order valence-electron chi connectivity index (χ3n) is 4.42. The number of thioether (sulfide) groups is 1. The van der Waals surface area contributed by atoms with Gasteiger partial charge in [0.1, 0.15) is 16.4 Å². The number of methoxy groups -OCH3 is 1. The van der Waals surface area contributed by atoms with E-state index < -0.39 is 5.97 Å². The van der Waals surface area contributed by atoms with Gasteiger partial charge in [-0.15, -0.1) is 0 Å². The number of ether oxygens (including phenoxy) is 1. The monoisotopic (exact) mass is 385 g/mol. The summed E-state index contributed by atoms with van der Waals surface area (Å²) in [7, 11) is 1.33. The molecule has 7 heteroatoms. The van der Waals surface area contributed by atoms with Crippen molar-refractivity contribution < 1.29 is 14.3 Å². The van der Waals surface area contributed by atoms with Crippen molar-refractivity contribution in [2.75, 3.05) is 12.9 Å². The van der Waals surface area contributed by atoms with E-state index in [1.54, 1.807) is 6.92 Å². The number of carbonyl (C=O) groups excluding carboxylic acids is 2. The predicted molar refractivity (Wildman–Crippen MR) is 104 cm³/mol. The summed E-state index contributed by atoms with van der Waals surface area (Å²) < 4.78 is 4.87. The average Bonchev–Trinajstić information content (AvgIpc) is 3.51. The summed E-state index contributed by atoms with van der Waals surface area (Å²) >= 11 is 1.25. The van der Waals surface area contributed by atoms with Crippen LogP contribution >= 0.6 is 11.8 Å². The van der Waals surface area contributed by atoms with E-state index in [0.29, 0.717) is 22.2 Å². The number of nitrogens with one attached hydrogen (secondary N) is 1. The van der Waals surface area contributed by atoms with Crippen LogP contribution < -0.4 is 5.32 Å². The Morgan fingerprint density at radius 2 is 1.96 bits per heavy atom. The molecular weight excluding hydrogens is 362 g/mol. The minimum atomic E-state index is -0.476. The molecule has 3 rings (SSSR count). The SMILES string of the molecule is COC(=O)c1c(C)nc(C2CC2)nc1SCC(=O)N[C@H](C)c1ccccc1. The van der Waals surface area contributed by atoms with Crippen LogP contribution in [0.5, 0.6) is 0 Å². The van der Waals surface area contributed by atoms with Crippen LogP contribution in [0, 0.1) is 6.92 Å². The van der Waals surface area contributed by atoms with Gasteiger partial charge < -0.3 is 10.1 Å². The lowest BCUT2D eigenvalue weighted by Gasteiger charge is -2.15.